The molecule has 2 aromatic rings. The summed E-state index contributed by atoms with van der Waals surface area (Å²) in [5.74, 6) is -3.08. The molecule has 2 fully saturated rings. The number of halogens is 3. The molecule has 1 amide bonds. The summed E-state index contributed by atoms with van der Waals surface area (Å²) in [6.45, 7) is 6.20. The van der Waals surface area contributed by atoms with E-state index in [4.69, 9.17) is 27.9 Å². The Kier molecular flexibility index (Phi) is 8.13. The van der Waals surface area contributed by atoms with Crippen LogP contribution in [-0.2, 0) is 24.2 Å². The average Bonchev–Trinajstić information content (AvgIpc) is 3.65. The number of nitrogens with zero attached hydrogens (tertiary/aromatic N) is 1. The van der Waals surface area contributed by atoms with E-state index < -0.39 is 62.5 Å². The number of carbonyl (C=O) groups is 2. The number of sulfone groups is 1. The molecule has 212 valence electrons. The summed E-state index contributed by atoms with van der Waals surface area (Å²) in [6, 6.07) is 9.09. The summed E-state index contributed by atoms with van der Waals surface area (Å²) in [5.41, 5.74) is -0.949. The number of hydrogen-bond donors (Lipinski definition) is 1. The van der Waals surface area contributed by atoms with E-state index in [1.807, 2.05) is 0 Å². The van der Waals surface area contributed by atoms with Gasteiger partial charge in [-0.3, -0.25) is 9.59 Å². The normalized spacial score (nSPS) is 25.0. The average molecular weight is 601 g/mol. The molecule has 1 aliphatic carbocycles. The molecule has 39 heavy (non-hydrogen) atoms. The van der Waals surface area contributed by atoms with Crippen LogP contribution in [-0.4, -0.2) is 52.4 Å². The number of carboxylic acid groups (broad SMARTS) is 1. The fourth-order valence-corrected chi connectivity index (χ4v) is 6.77. The molecule has 4 atom stereocenters. The summed E-state index contributed by atoms with van der Waals surface area (Å²) in [6.07, 6.45) is -0.225. The molecule has 1 heterocycles. The van der Waals surface area contributed by atoms with Crippen molar-refractivity contribution in [3.05, 3.63) is 69.5 Å². The van der Waals surface area contributed by atoms with Gasteiger partial charge in [-0.25, -0.2) is 12.8 Å². The van der Waals surface area contributed by atoms with Gasteiger partial charge < -0.3 is 14.7 Å². The second-order valence-electron chi connectivity index (χ2n) is 11.5. The van der Waals surface area contributed by atoms with Gasteiger partial charge in [-0.2, -0.15) is 0 Å². The van der Waals surface area contributed by atoms with Gasteiger partial charge in [0.15, 0.2) is 15.4 Å². The maximum Gasteiger partial charge on any atom is 0.306 e. The molecule has 1 saturated carbocycles. The van der Waals surface area contributed by atoms with Crippen LogP contribution < -0.4 is 0 Å². The molecule has 2 aliphatic rings. The number of carbonyl (C=O) groups excluding carboxylic acids is 1. The van der Waals surface area contributed by atoms with Crippen LogP contribution in [0.1, 0.15) is 70.2 Å². The molecule has 2 aromatic carbocycles. The summed E-state index contributed by atoms with van der Waals surface area (Å²) >= 11 is 12.3. The molecule has 1 saturated heterocycles. The summed E-state index contributed by atoms with van der Waals surface area (Å²) in [7, 11) is -3.71. The third-order valence-corrected chi connectivity index (χ3v) is 10.6. The minimum atomic E-state index is -3.71. The Hall–Kier alpha value is -2.20. The number of morpholine rings is 1. The smallest absolute Gasteiger partial charge is 0.306 e. The van der Waals surface area contributed by atoms with Crippen molar-refractivity contribution in [3.63, 3.8) is 0 Å². The number of amides is 1. The molecule has 0 bridgehead atoms. The van der Waals surface area contributed by atoms with E-state index in [1.54, 1.807) is 51.1 Å². The van der Waals surface area contributed by atoms with Crippen molar-refractivity contribution >= 4 is 44.9 Å². The quantitative estimate of drug-likeness (QED) is 0.399. The number of hydrogen-bond acceptors (Lipinski definition) is 5. The number of rotatable bonds is 8. The highest BCUT2D eigenvalue weighted by molar-refractivity contribution is 7.92. The van der Waals surface area contributed by atoms with Crippen LogP contribution >= 0.6 is 23.2 Å². The molecular weight excluding hydrogens is 568 g/mol. The molecule has 0 aromatic heterocycles. The third-order valence-electron chi connectivity index (χ3n) is 7.46. The van der Waals surface area contributed by atoms with Crippen molar-refractivity contribution in [1.29, 1.82) is 0 Å². The van der Waals surface area contributed by atoms with Gasteiger partial charge in [-0.05, 0) is 81.8 Å². The van der Waals surface area contributed by atoms with Gasteiger partial charge in [0.25, 0.3) is 5.91 Å². The van der Waals surface area contributed by atoms with E-state index in [0.717, 1.165) is 0 Å². The lowest BCUT2D eigenvalue weighted by molar-refractivity contribution is -0.206. The number of carboxylic acids is 1. The van der Waals surface area contributed by atoms with Crippen LogP contribution in [0.5, 0.6) is 0 Å². The first-order valence-electron chi connectivity index (χ1n) is 12.7. The van der Waals surface area contributed by atoms with Crippen molar-refractivity contribution in [3.8, 4) is 0 Å². The van der Waals surface area contributed by atoms with Gasteiger partial charge in [0.1, 0.15) is 11.9 Å². The monoisotopic (exact) mass is 599 g/mol. The molecule has 0 radical (unpaired) electrons. The zero-order chi connectivity index (χ0) is 28.9. The molecule has 11 heteroatoms. The van der Waals surface area contributed by atoms with Crippen molar-refractivity contribution in [2.75, 3.05) is 5.75 Å². The minimum Gasteiger partial charge on any atom is -0.481 e. The Balaban J connectivity index is 1.97. The standard InChI is InChI=1S/C28H32Cl2FNO6S/c1-27(2,3)39(36,37)15-22(16-8-9-16)32-24(17-10-11-20(30)21(31)13-17)25(18-6-5-7-19(29)12-18)38-28(4,26(32)35)14-23(33)34/h5-7,10-13,16,22,24-25H,8-9,14-15H2,1-4H3,(H,33,34). The predicted molar refractivity (Wildman–Crippen MR) is 147 cm³/mol. The zero-order valence-corrected chi connectivity index (χ0v) is 24.5. The highest BCUT2D eigenvalue weighted by Gasteiger charge is 2.56. The summed E-state index contributed by atoms with van der Waals surface area (Å²) in [5, 5.41) is 9.98. The Morgan fingerprint density at radius 2 is 1.85 bits per heavy atom. The molecule has 4 unspecified atom stereocenters. The maximum atomic E-state index is 14.8. The predicted octanol–water partition coefficient (Wildman–Crippen LogP) is 6.00. The molecule has 1 N–H and O–H groups in total. The zero-order valence-electron chi connectivity index (χ0n) is 22.2. The van der Waals surface area contributed by atoms with Crippen molar-refractivity contribution < 1.29 is 32.2 Å². The minimum absolute atomic E-state index is 0.113. The van der Waals surface area contributed by atoms with Crippen LogP contribution in [0.25, 0.3) is 0 Å². The highest BCUT2D eigenvalue weighted by Crippen LogP contribution is 2.51. The van der Waals surface area contributed by atoms with Gasteiger partial charge in [-0.1, -0.05) is 41.4 Å². The van der Waals surface area contributed by atoms with Gasteiger partial charge >= 0.3 is 5.97 Å². The Morgan fingerprint density at radius 1 is 1.18 bits per heavy atom. The highest BCUT2D eigenvalue weighted by atomic mass is 35.5. The largest absolute Gasteiger partial charge is 0.481 e. The topological polar surface area (TPSA) is 101 Å². The van der Waals surface area contributed by atoms with Crippen LogP contribution in [0.3, 0.4) is 0 Å². The molecule has 4 rings (SSSR count). The molecule has 0 spiro atoms. The number of aliphatic carboxylic acids is 1. The van der Waals surface area contributed by atoms with E-state index >= 15 is 0 Å². The van der Waals surface area contributed by atoms with E-state index in [1.165, 1.54) is 24.0 Å². The van der Waals surface area contributed by atoms with E-state index in [0.29, 0.717) is 29.0 Å². The van der Waals surface area contributed by atoms with Gasteiger partial charge in [0.2, 0.25) is 0 Å². The van der Waals surface area contributed by atoms with Gasteiger partial charge in [0.05, 0.1) is 28.0 Å². The SMILES string of the molecule is CC1(CC(=O)O)OC(c2cccc(Cl)c2)C(c2ccc(Cl)c(F)c2)N(C(CS(=O)(=O)C(C)(C)C)C2CC2)C1=O. The second-order valence-corrected chi connectivity index (χ2v) is 15.2. The first kappa shape index (κ1) is 29.8. The third kappa shape index (κ3) is 6.11. The lowest BCUT2D eigenvalue weighted by atomic mass is 9.85. The fourth-order valence-electron chi connectivity index (χ4n) is 5.07. The number of ether oxygens (including phenoxy) is 1. The number of benzene rings is 2. The lowest BCUT2D eigenvalue weighted by Crippen LogP contribution is -2.62. The lowest BCUT2D eigenvalue weighted by Gasteiger charge is -2.52. The van der Waals surface area contributed by atoms with Crippen molar-refractivity contribution in [2.24, 2.45) is 5.92 Å². The molecule has 1 aliphatic heterocycles. The van der Waals surface area contributed by atoms with Gasteiger partial charge in [-0.15, -0.1) is 0 Å². The first-order valence-corrected chi connectivity index (χ1v) is 15.1. The summed E-state index contributed by atoms with van der Waals surface area (Å²) in [4.78, 5) is 27.6. The Labute approximate surface area is 238 Å². The maximum absolute atomic E-state index is 14.8. The fraction of sp³-hybridized carbons (Fsp3) is 0.500. The Morgan fingerprint density at radius 3 is 2.38 bits per heavy atom. The summed E-state index contributed by atoms with van der Waals surface area (Å²) < 4.78 is 47.0. The van der Waals surface area contributed by atoms with E-state index in [2.05, 4.69) is 0 Å². The first-order chi connectivity index (χ1) is 18.0. The van der Waals surface area contributed by atoms with Gasteiger partial charge in [0, 0.05) is 11.1 Å². The molecular formula is C28H32Cl2FNO6S. The van der Waals surface area contributed by atoms with Crippen LogP contribution in [0.2, 0.25) is 10.0 Å². The van der Waals surface area contributed by atoms with Crippen LogP contribution in [0.15, 0.2) is 42.5 Å². The van der Waals surface area contributed by atoms with E-state index in [9.17, 15) is 27.5 Å². The van der Waals surface area contributed by atoms with Crippen molar-refractivity contribution in [2.45, 2.75) is 75.5 Å². The Bertz CT molecular complexity index is 1390. The van der Waals surface area contributed by atoms with E-state index in [-0.39, 0.29) is 16.7 Å². The molecule has 7 nitrogen and oxygen atoms in total. The van der Waals surface area contributed by atoms with Crippen LogP contribution in [0.4, 0.5) is 4.39 Å². The van der Waals surface area contributed by atoms with Crippen molar-refractivity contribution in [1.82, 2.24) is 4.90 Å². The van der Waals surface area contributed by atoms with Crippen LogP contribution in [0, 0.1) is 11.7 Å². The second kappa shape index (κ2) is 10.7.